The van der Waals surface area contributed by atoms with E-state index in [9.17, 15) is 0 Å². The van der Waals surface area contributed by atoms with Gasteiger partial charge in [0.1, 0.15) is 0 Å². The van der Waals surface area contributed by atoms with Crippen LogP contribution in [0.25, 0.3) is 0 Å². The van der Waals surface area contributed by atoms with Crippen LogP contribution in [0.2, 0.25) is 0 Å². The van der Waals surface area contributed by atoms with Gasteiger partial charge < -0.3 is 0 Å². The second-order valence-corrected chi connectivity index (χ2v) is 2.52. The van der Waals surface area contributed by atoms with Crippen molar-refractivity contribution >= 4 is 0 Å². The second kappa shape index (κ2) is 3.30. The van der Waals surface area contributed by atoms with E-state index in [0.717, 1.165) is 12.1 Å². The summed E-state index contributed by atoms with van der Waals surface area (Å²) < 4.78 is 0. The van der Waals surface area contributed by atoms with Crippen molar-refractivity contribution in [3.8, 4) is 0 Å². The maximum Gasteiger partial charge on any atom is 0.0633 e. The number of aromatic nitrogens is 2. The first-order valence-corrected chi connectivity index (χ1v) is 3.38. The molecule has 0 saturated heterocycles. The standard InChI is InChI=1S/C8H11N2/c1-7(2)6-8-4-3-5-9-10-8/h3-5,7H,1,6H2,2H3. The maximum absolute atomic E-state index is 3.93. The molecule has 0 aliphatic rings. The Morgan fingerprint density at radius 3 is 3.00 bits per heavy atom. The van der Waals surface area contributed by atoms with Crippen molar-refractivity contribution in [2.45, 2.75) is 13.3 Å². The Labute approximate surface area is 61.3 Å². The van der Waals surface area contributed by atoms with Gasteiger partial charge in [0.25, 0.3) is 0 Å². The highest BCUT2D eigenvalue weighted by atomic mass is 15.1. The van der Waals surface area contributed by atoms with Crippen molar-refractivity contribution in [1.29, 1.82) is 0 Å². The summed E-state index contributed by atoms with van der Waals surface area (Å²) in [6, 6.07) is 3.86. The van der Waals surface area contributed by atoms with E-state index in [2.05, 4.69) is 24.0 Å². The lowest BCUT2D eigenvalue weighted by atomic mass is 10.1. The fraction of sp³-hybridized carbons (Fsp3) is 0.375. The largest absolute Gasteiger partial charge is 0.159 e. The summed E-state index contributed by atoms with van der Waals surface area (Å²) >= 11 is 0. The summed E-state index contributed by atoms with van der Waals surface area (Å²) in [6.45, 7) is 5.93. The lowest BCUT2D eigenvalue weighted by Crippen LogP contribution is -1.97. The molecule has 0 aromatic carbocycles. The molecular formula is C8H11N2. The van der Waals surface area contributed by atoms with E-state index < -0.39 is 0 Å². The van der Waals surface area contributed by atoms with Crippen molar-refractivity contribution in [2.75, 3.05) is 0 Å². The van der Waals surface area contributed by atoms with Gasteiger partial charge in [-0.15, -0.1) is 0 Å². The molecule has 2 nitrogen and oxygen atoms in total. The van der Waals surface area contributed by atoms with Crippen LogP contribution >= 0.6 is 0 Å². The number of hydrogen-bond donors (Lipinski definition) is 0. The zero-order valence-electron chi connectivity index (χ0n) is 6.12. The molecule has 0 N–H and O–H groups in total. The quantitative estimate of drug-likeness (QED) is 0.614. The molecule has 0 bridgehead atoms. The van der Waals surface area contributed by atoms with E-state index in [4.69, 9.17) is 0 Å². The van der Waals surface area contributed by atoms with E-state index >= 15 is 0 Å². The fourth-order valence-electron chi connectivity index (χ4n) is 0.799. The lowest BCUT2D eigenvalue weighted by Gasteiger charge is -2.00. The first-order chi connectivity index (χ1) is 4.79. The van der Waals surface area contributed by atoms with Crippen LogP contribution < -0.4 is 0 Å². The van der Waals surface area contributed by atoms with Crippen molar-refractivity contribution in [3.63, 3.8) is 0 Å². The zero-order valence-corrected chi connectivity index (χ0v) is 6.12. The Balaban J connectivity index is 2.59. The van der Waals surface area contributed by atoms with E-state index in [1.165, 1.54) is 0 Å². The third-order valence-corrected chi connectivity index (χ3v) is 1.19. The van der Waals surface area contributed by atoms with Crippen molar-refractivity contribution in [1.82, 2.24) is 10.2 Å². The molecule has 0 aliphatic heterocycles. The third-order valence-electron chi connectivity index (χ3n) is 1.19. The van der Waals surface area contributed by atoms with E-state index in [-0.39, 0.29) is 0 Å². The zero-order chi connectivity index (χ0) is 7.40. The van der Waals surface area contributed by atoms with Gasteiger partial charge in [0.2, 0.25) is 0 Å². The average molecular weight is 135 g/mol. The van der Waals surface area contributed by atoms with Gasteiger partial charge in [-0.1, -0.05) is 13.8 Å². The van der Waals surface area contributed by atoms with E-state index in [1.54, 1.807) is 6.20 Å². The molecule has 2 heteroatoms. The average Bonchev–Trinajstić information content (AvgIpc) is 1.88. The molecule has 1 atom stereocenters. The molecule has 0 saturated carbocycles. The van der Waals surface area contributed by atoms with Gasteiger partial charge in [-0.3, -0.25) is 0 Å². The van der Waals surface area contributed by atoms with Crippen LogP contribution in [0.15, 0.2) is 18.3 Å². The van der Waals surface area contributed by atoms with Crippen LogP contribution in [0.1, 0.15) is 12.6 Å². The normalized spacial score (nSPS) is 10.3. The minimum absolute atomic E-state index is 0.414. The molecule has 0 spiro atoms. The van der Waals surface area contributed by atoms with E-state index in [1.807, 2.05) is 12.1 Å². The molecule has 1 rings (SSSR count). The topological polar surface area (TPSA) is 25.8 Å². The van der Waals surface area contributed by atoms with Crippen molar-refractivity contribution in [3.05, 3.63) is 30.9 Å². The van der Waals surface area contributed by atoms with Gasteiger partial charge in [0, 0.05) is 6.20 Å². The van der Waals surface area contributed by atoms with E-state index in [0.29, 0.717) is 5.92 Å². The van der Waals surface area contributed by atoms with Gasteiger partial charge in [-0.2, -0.15) is 10.2 Å². The highest BCUT2D eigenvalue weighted by Crippen LogP contribution is 2.01. The number of hydrogen-bond acceptors (Lipinski definition) is 2. The second-order valence-electron chi connectivity index (χ2n) is 2.52. The Hall–Kier alpha value is -0.920. The first-order valence-electron chi connectivity index (χ1n) is 3.38. The molecule has 1 aromatic heterocycles. The Morgan fingerprint density at radius 2 is 2.50 bits per heavy atom. The van der Waals surface area contributed by atoms with Crippen LogP contribution in [0.4, 0.5) is 0 Å². The van der Waals surface area contributed by atoms with Crippen LogP contribution in [0.5, 0.6) is 0 Å². The molecular weight excluding hydrogens is 124 g/mol. The molecule has 53 valence electrons. The summed E-state index contributed by atoms with van der Waals surface area (Å²) in [6.07, 6.45) is 2.59. The van der Waals surface area contributed by atoms with Gasteiger partial charge in [0.15, 0.2) is 0 Å². The summed E-state index contributed by atoms with van der Waals surface area (Å²) in [4.78, 5) is 0. The number of rotatable bonds is 2. The smallest absolute Gasteiger partial charge is 0.0633 e. The predicted octanol–water partition coefficient (Wildman–Crippen LogP) is 1.49. The molecule has 0 fully saturated rings. The lowest BCUT2D eigenvalue weighted by molar-refractivity contribution is 0.691. The summed E-state index contributed by atoms with van der Waals surface area (Å²) in [7, 11) is 0. The minimum atomic E-state index is 0.414. The summed E-state index contributed by atoms with van der Waals surface area (Å²) in [5, 5.41) is 7.69. The summed E-state index contributed by atoms with van der Waals surface area (Å²) in [5.41, 5.74) is 1.02. The maximum atomic E-state index is 3.93. The highest BCUT2D eigenvalue weighted by molar-refractivity contribution is 4.99. The third kappa shape index (κ3) is 2.13. The van der Waals surface area contributed by atoms with Crippen LogP contribution in [0.3, 0.4) is 0 Å². The Kier molecular flexibility index (Phi) is 2.37. The molecule has 1 radical (unpaired) electrons. The monoisotopic (exact) mass is 135 g/mol. The van der Waals surface area contributed by atoms with Gasteiger partial charge in [-0.25, -0.2) is 0 Å². The minimum Gasteiger partial charge on any atom is -0.159 e. The van der Waals surface area contributed by atoms with Crippen LogP contribution in [0, 0.1) is 12.8 Å². The van der Waals surface area contributed by atoms with Gasteiger partial charge in [0.05, 0.1) is 5.69 Å². The molecule has 10 heavy (non-hydrogen) atoms. The van der Waals surface area contributed by atoms with Crippen molar-refractivity contribution in [2.24, 2.45) is 5.92 Å². The molecule has 0 amide bonds. The van der Waals surface area contributed by atoms with Crippen LogP contribution in [-0.2, 0) is 6.42 Å². The predicted molar refractivity (Wildman–Crippen MR) is 40.3 cm³/mol. The molecule has 1 heterocycles. The van der Waals surface area contributed by atoms with Gasteiger partial charge >= 0.3 is 0 Å². The first kappa shape index (κ1) is 7.19. The van der Waals surface area contributed by atoms with Crippen molar-refractivity contribution < 1.29 is 0 Å². The van der Waals surface area contributed by atoms with Gasteiger partial charge in [-0.05, 0) is 24.5 Å². The molecule has 1 unspecified atom stereocenters. The summed E-state index contributed by atoms with van der Waals surface area (Å²) in [5.74, 6) is 0.414. The molecule has 1 aromatic rings. The highest BCUT2D eigenvalue weighted by Gasteiger charge is 1.96. The SMILES string of the molecule is [CH2]C(C)Cc1cccnn1. The Morgan fingerprint density at radius 1 is 1.70 bits per heavy atom. The van der Waals surface area contributed by atoms with Crippen LogP contribution in [-0.4, -0.2) is 10.2 Å². The fourth-order valence-corrected chi connectivity index (χ4v) is 0.799. The number of nitrogens with zero attached hydrogens (tertiary/aromatic N) is 2. The Bertz CT molecular complexity index is 182. The molecule has 0 aliphatic carbocycles.